The second-order valence-electron chi connectivity index (χ2n) is 3.55. The first-order valence-corrected chi connectivity index (χ1v) is 4.77. The number of hydrogen-bond donors (Lipinski definition) is 1. The highest BCUT2D eigenvalue weighted by Gasteiger charge is 2.23. The average Bonchev–Trinajstić information content (AvgIpc) is 2.74. The Hall–Kier alpha value is -1.30. The molecule has 1 atom stereocenters. The standard InChI is InChI=1S/C10H9F4NO/c11-6-3-7(12)9(14)10(8(6)13)15-5-1-2-16-4-5/h3,5,15H,1-2,4H2. The largest absolute Gasteiger partial charge is 0.379 e. The third-order valence-corrected chi connectivity index (χ3v) is 2.39. The van der Waals surface area contributed by atoms with Gasteiger partial charge in [-0.25, -0.2) is 17.6 Å². The molecule has 1 saturated heterocycles. The Morgan fingerprint density at radius 1 is 1.12 bits per heavy atom. The normalized spacial score (nSPS) is 20.1. The Morgan fingerprint density at radius 3 is 2.25 bits per heavy atom. The Bertz CT molecular complexity index is 378. The Kier molecular flexibility index (Phi) is 3.00. The van der Waals surface area contributed by atoms with Crippen LogP contribution in [0.15, 0.2) is 6.07 Å². The van der Waals surface area contributed by atoms with Crippen molar-refractivity contribution in [1.82, 2.24) is 0 Å². The first-order chi connectivity index (χ1) is 7.59. The van der Waals surface area contributed by atoms with E-state index in [-0.39, 0.29) is 18.7 Å². The van der Waals surface area contributed by atoms with Crippen LogP contribution in [0.1, 0.15) is 6.42 Å². The topological polar surface area (TPSA) is 21.3 Å². The van der Waals surface area contributed by atoms with Gasteiger partial charge in [0.15, 0.2) is 23.3 Å². The molecule has 6 heteroatoms. The first-order valence-electron chi connectivity index (χ1n) is 4.77. The van der Waals surface area contributed by atoms with Gasteiger partial charge in [-0.15, -0.1) is 0 Å². The third kappa shape index (κ3) is 1.97. The van der Waals surface area contributed by atoms with Crippen LogP contribution in [0.4, 0.5) is 23.2 Å². The second-order valence-corrected chi connectivity index (χ2v) is 3.55. The lowest BCUT2D eigenvalue weighted by Crippen LogP contribution is -2.21. The molecular weight excluding hydrogens is 226 g/mol. The SMILES string of the molecule is Fc1cc(F)c(F)c(NC2CCOC2)c1F. The molecular formula is C10H9F4NO. The second kappa shape index (κ2) is 4.29. The van der Waals surface area contributed by atoms with E-state index in [0.29, 0.717) is 13.0 Å². The van der Waals surface area contributed by atoms with Gasteiger partial charge in [-0.05, 0) is 6.42 Å². The molecule has 1 fully saturated rings. The van der Waals surface area contributed by atoms with Crippen LogP contribution in [-0.4, -0.2) is 19.3 Å². The molecule has 0 amide bonds. The Labute approximate surface area is 89.2 Å². The van der Waals surface area contributed by atoms with Gasteiger partial charge >= 0.3 is 0 Å². The van der Waals surface area contributed by atoms with Crippen molar-refractivity contribution in [3.63, 3.8) is 0 Å². The monoisotopic (exact) mass is 235 g/mol. The summed E-state index contributed by atoms with van der Waals surface area (Å²) in [5.74, 6) is -5.66. The summed E-state index contributed by atoms with van der Waals surface area (Å²) in [7, 11) is 0. The highest BCUT2D eigenvalue weighted by Crippen LogP contribution is 2.25. The maximum absolute atomic E-state index is 13.2. The summed E-state index contributed by atoms with van der Waals surface area (Å²) in [5, 5.41) is 2.40. The van der Waals surface area contributed by atoms with Crippen molar-refractivity contribution >= 4 is 5.69 Å². The van der Waals surface area contributed by atoms with Gasteiger partial charge in [0.05, 0.1) is 12.6 Å². The highest BCUT2D eigenvalue weighted by atomic mass is 19.2. The van der Waals surface area contributed by atoms with Gasteiger partial charge in [-0.1, -0.05) is 0 Å². The van der Waals surface area contributed by atoms with Crippen molar-refractivity contribution in [2.75, 3.05) is 18.5 Å². The number of anilines is 1. The van der Waals surface area contributed by atoms with E-state index in [4.69, 9.17) is 4.74 Å². The van der Waals surface area contributed by atoms with Gasteiger partial charge in [0, 0.05) is 12.7 Å². The number of nitrogens with one attached hydrogen (secondary N) is 1. The minimum Gasteiger partial charge on any atom is -0.379 e. The zero-order chi connectivity index (χ0) is 11.7. The molecule has 0 aliphatic carbocycles. The maximum Gasteiger partial charge on any atom is 0.185 e. The molecule has 1 heterocycles. The van der Waals surface area contributed by atoms with Crippen LogP contribution in [0.3, 0.4) is 0 Å². The quantitative estimate of drug-likeness (QED) is 0.628. The average molecular weight is 235 g/mol. The van der Waals surface area contributed by atoms with Gasteiger partial charge in [0.2, 0.25) is 0 Å². The summed E-state index contributed by atoms with van der Waals surface area (Å²) in [6.45, 7) is 0.718. The summed E-state index contributed by atoms with van der Waals surface area (Å²) in [5.41, 5.74) is -0.770. The van der Waals surface area contributed by atoms with E-state index in [1.165, 1.54) is 0 Å². The van der Waals surface area contributed by atoms with E-state index in [2.05, 4.69) is 5.32 Å². The van der Waals surface area contributed by atoms with Gasteiger partial charge in [-0.2, -0.15) is 0 Å². The fourth-order valence-electron chi connectivity index (χ4n) is 1.55. The van der Waals surface area contributed by atoms with E-state index >= 15 is 0 Å². The molecule has 16 heavy (non-hydrogen) atoms. The predicted molar refractivity (Wildman–Crippen MR) is 49.1 cm³/mol. The number of hydrogen-bond acceptors (Lipinski definition) is 2. The van der Waals surface area contributed by atoms with Gasteiger partial charge < -0.3 is 10.1 Å². The van der Waals surface area contributed by atoms with Crippen molar-refractivity contribution in [3.05, 3.63) is 29.3 Å². The van der Waals surface area contributed by atoms with E-state index in [9.17, 15) is 17.6 Å². The fourth-order valence-corrected chi connectivity index (χ4v) is 1.55. The summed E-state index contributed by atoms with van der Waals surface area (Å²) in [4.78, 5) is 0. The van der Waals surface area contributed by atoms with Crippen LogP contribution in [0.2, 0.25) is 0 Å². The van der Waals surface area contributed by atoms with Crippen molar-refractivity contribution in [3.8, 4) is 0 Å². The van der Waals surface area contributed by atoms with Gasteiger partial charge in [-0.3, -0.25) is 0 Å². The van der Waals surface area contributed by atoms with Crippen LogP contribution >= 0.6 is 0 Å². The summed E-state index contributed by atoms with van der Waals surface area (Å²) in [6, 6.07) is -0.147. The van der Waals surface area contributed by atoms with Crippen LogP contribution in [-0.2, 0) is 4.74 Å². The number of ether oxygens (including phenoxy) is 1. The highest BCUT2D eigenvalue weighted by molar-refractivity contribution is 5.48. The zero-order valence-corrected chi connectivity index (χ0v) is 8.20. The van der Waals surface area contributed by atoms with Crippen LogP contribution in [0.25, 0.3) is 0 Å². The lowest BCUT2D eigenvalue weighted by atomic mass is 10.2. The van der Waals surface area contributed by atoms with Crippen molar-refractivity contribution < 1.29 is 22.3 Å². The van der Waals surface area contributed by atoms with Crippen molar-refractivity contribution in [2.24, 2.45) is 0 Å². The van der Waals surface area contributed by atoms with Crippen LogP contribution in [0, 0.1) is 23.3 Å². The molecule has 2 nitrogen and oxygen atoms in total. The Balaban J connectivity index is 2.31. The predicted octanol–water partition coefficient (Wildman–Crippen LogP) is 2.44. The molecule has 0 spiro atoms. The lowest BCUT2D eigenvalue weighted by molar-refractivity contribution is 0.195. The smallest absolute Gasteiger partial charge is 0.185 e. The van der Waals surface area contributed by atoms with Crippen molar-refractivity contribution in [1.29, 1.82) is 0 Å². The molecule has 1 aliphatic rings. The van der Waals surface area contributed by atoms with Gasteiger partial charge in [0.1, 0.15) is 5.69 Å². The molecule has 1 N–H and O–H groups in total. The number of rotatable bonds is 2. The molecule has 0 saturated carbocycles. The van der Waals surface area contributed by atoms with Gasteiger partial charge in [0.25, 0.3) is 0 Å². The van der Waals surface area contributed by atoms with Crippen LogP contribution in [0.5, 0.6) is 0 Å². The van der Waals surface area contributed by atoms with E-state index in [1.807, 2.05) is 0 Å². The molecule has 0 radical (unpaired) electrons. The summed E-state index contributed by atoms with van der Waals surface area (Å²) in [6.07, 6.45) is 0.539. The number of halogens is 4. The number of benzene rings is 1. The minimum atomic E-state index is -1.42. The lowest BCUT2D eigenvalue weighted by Gasteiger charge is -2.14. The van der Waals surface area contributed by atoms with E-state index in [1.54, 1.807) is 0 Å². The Morgan fingerprint density at radius 2 is 1.75 bits per heavy atom. The first kappa shape index (κ1) is 11.2. The summed E-state index contributed by atoms with van der Waals surface area (Å²) < 4.78 is 57.1. The molecule has 1 aromatic carbocycles. The maximum atomic E-state index is 13.2. The molecule has 1 aromatic rings. The van der Waals surface area contributed by atoms with Crippen molar-refractivity contribution in [2.45, 2.75) is 12.5 Å². The van der Waals surface area contributed by atoms with E-state index < -0.39 is 29.0 Å². The third-order valence-electron chi connectivity index (χ3n) is 2.39. The molecule has 0 bridgehead atoms. The molecule has 1 aliphatic heterocycles. The summed E-state index contributed by atoms with van der Waals surface area (Å²) >= 11 is 0. The fraction of sp³-hybridized carbons (Fsp3) is 0.400. The molecule has 2 rings (SSSR count). The van der Waals surface area contributed by atoms with E-state index in [0.717, 1.165) is 0 Å². The molecule has 0 aromatic heterocycles. The molecule has 1 unspecified atom stereocenters. The molecule has 88 valence electrons. The zero-order valence-electron chi connectivity index (χ0n) is 8.20. The minimum absolute atomic E-state index is 0.182. The van der Waals surface area contributed by atoms with Crippen LogP contribution < -0.4 is 5.32 Å².